The topological polar surface area (TPSA) is 36.9 Å². The maximum Gasteiger partial charge on any atom is 0.122 e. The summed E-state index contributed by atoms with van der Waals surface area (Å²) in [6, 6.07) is 11.4. The Kier molecular flexibility index (Phi) is 7.09. The maximum absolute atomic E-state index is 5.09. The minimum atomic E-state index is 0.864. The van der Waals surface area contributed by atoms with Crippen LogP contribution in [-0.4, -0.2) is 28.4 Å². The van der Waals surface area contributed by atoms with Gasteiger partial charge in [-0.05, 0) is 61.4 Å². The lowest BCUT2D eigenvalue weighted by Crippen LogP contribution is -1.88. The number of ether oxygens (including phenoxy) is 4. The highest BCUT2D eigenvalue weighted by Crippen LogP contribution is 2.23. The molecule has 0 unspecified atom stereocenters. The molecule has 0 fully saturated rings. The molecule has 0 saturated carbocycles. The Balaban J connectivity index is 0.000000220. The van der Waals surface area contributed by atoms with Crippen LogP contribution in [0.2, 0.25) is 0 Å². The second-order valence-electron chi connectivity index (χ2n) is 4.67. The normalized spacial score (nSPS) is 9.36. The molecule has 0 heterocycles. The highest BCUT2D eigenvalue weighted by atomic mass is 16.5. The summed E-state index contributed by atoms with van der Waals surface area (Å²) in [4.78, 5) is 0. The predicted octanol–water partition coefficient (Wildman–Crippen LogP) is 4.02. The fourth-order valence-electron chi connectivity index (χ4n) is 1.96. The molecule has 0 amide bonds. The highest BCUT2D eigenvalue weighted by Gasteiger charge is 1.98. The number of hydrogen-bond donors (Lipinski definition) is 0. The van der Waals surface area contributed by atoms with Crippen LogP contribution in [0.25, 0.3) is 0 Å². The molecule has 2 aromatic rings. The van der Waals surface area contributed by atoms with Gasteiger partial charge in [0.2, 0.25) is 0 Å². The first-order valence-electron chi connectivity index (χ1n) is 6.93. The van der Waals surface area contributed by atoms with Crippen molar-refractivity contribution in [3.8, 4) is 23.0 Å². The van der Waals surface area contributed by atoms with Crippen LogP contribution in [0.1, 0.15) is 11.1 Å². The van der Waals surface area contributed by atoms with Crippen molar-refractivity contribution >= 4 is 0 Å². The summed E-state index contributed by atoms with van der Waals surface area (Å²) >= 11 is 0. The molecule has 0 aliphatic rings. The van der Waals surface area contributed by atoms with Crippen molar-refractivity contribution in [2.45, 2.75) is 13.8 Å². The van der Waals surface area contributed by atoms with Crippen molar-refractivity contribution in [3.05, 3.63) is 47.5 Å². The van der Waals surface area contributed by atoms with E-state index in [2.05, 4.69) is 0 Å². The van der Waals surface area contributed by atoms with Gasteiger partial charge in [0, 0.05) is 0 Å². The van der Waals surface area contributed by atoms with Crippen molar-refractivity contribution in [2.24, 2.45) is 0 Å². The fourth-order valence-corrected chi connectivity index (χ4v) is 1.96. The molecule has 0 spiro atoms. The van der Waals surface area contributed by atoms with Gasteiger partial charge >= 0.3 is 0 Å². The van der Waals surface area contributed by atoms with Crippen molar-refractivity contribution in [1.82, 2.24) is 0 Å². The SMILES string of the molecule is COc1ccc(OC)c(C)c1.COc1ccc(OC)c(C)c1. The molecule has 0 N–H and O–H groups in total. The van der Waals surface area contributed by atoms with E-state index in [4.69, 9.17) is 18.9 Å². The summed E-state index contributed by atoms with van der Waals surface area (Å²) in [5.74, 6) is 3.52. The lowest BCUT2D eigenvalue weighted by molar-refractivity contribution is 0.400. The molecule has 0 atom stereocenters. The Morgan fingerprint density at radius 1 is 0.545 bits per heavy atom. The summed E-state index contributed by atoms with van der Waals surface area (Å²) < 4.78 is 20.3. The molecule has 0 aliphatic heterocycles. The van der Waals surface area contributed by atoms with E-state index in [1.807, 2.05) is 50.2 Å². The minimum absolute atomic E-state index is 0.864. The van der Waals surface area contributed by atoms with Crippen LogP contribution in [0.15, 0.2) is 36.4 Å². The van der Waals surface area contributed by atoms with Gasteiger partial charge in [0.25, 0.3) is 0 Å². The molecular weight excluding hydrogens is 280 g/mol. The van der Waals surface area contributed by atoms with E-state index in [0.717, 1.165) is 34.1 Å². The van der Waals surface area contributed by atoms with Crippen LogP contribution in [0.4, 0.5) is 0 Å². The largest absolute Gasteiger partial charge is 0.497 e. The second-order valence-corrected chi connectivity index (χ2v) is 4.67. The van der Waals surface area contributed by atoms with Gasteiger partial charge in [-0.25, -0.2) is 0 Å². The number of hydrogen-bond acceptors (Lipinski definition) is 4. The van der Waals surface area contributed by atoms with E-state index in [1.165, 1.54) is 0 Å². The van der Waals surface area contributed by atoms with E-state index in [9.17, 15) is 0 Å². The Labute approximate surface area is 132 Å². The minimum Gasteiger partial charge on any atom is -0.497 e. The molecule has 120 valence electrons. The van der Waals surface area contributed by atoms with Gasteiger partial charge < -0.3 is 18.9 Å². The van der Waals surface area contributed by atoms with Crippen LogP contribution in [0.3, 0.4) is 0 Å². The van der Waals surface area contributed by atoms with E-state index in [0.29, 0.717) is 0 Å². The van der Waals surface area contributed by atoms with Crippen molar-refractivity contribution in [2.75, 3.05) is 28.4 Å². The van der Waals surface area contributed by atoms with Gasteiger partial charge in [-0.15, -0.1) is 0 Å². The van der Waals surface area contributed by atoms with E-state index in [1.54, 1.807) is 28.4 Å². The van der Waals surface area contributed by atoms with Crippen molar-refractivity contribution in [3.63, 3.8) is 0 Å². The number of methoxy groups -OCH3 is 4. The van der Waals surface area contributed by atoms with Gasteiger partial charge in [-0.2, -0.15) is 0 Å². The van der Waals surface area contributed by atoms with Crippen molar-refractivity contribution in [1.29, 1.82) is 0 Å². The summed E-state index contributed by atoms with van der Waals surface area (Å²) in [5.41, 5.74) is 2.18. The molecule has 2 aromatic carbocycles. The molecule has 0 aliphatic carbocycles. The fraction of sp³-hybridized carbons (Fsp3) is 0.333. The summed E-state index contributed by atoms with van der Waals surface area (Å²) in [6.45, 7) is 3.97. The third-order valence-corrected chi connectivity index (χ3v) is 3.20. The highest BCUT2D eigenvalue weighted by molar-refractivity contribution is 5.39. The number of benzene rings is 2. The molecular formula is C18H24O4. The Hall–Kier alpha value is -2.36. The van der Waals surface area contributed by atoms with Gasteiger partial charge in [0.1, 0.15) is 23.0 Å². The second kappa shape index (κ2) is 8.82. The number of rotatable bonds is 4. The van der Waals surface area contributed by atoms with Crippen LogP contribution in [0.5, 0.6) is 23.0 Å². The zero-order valence-electron chi connectivity index (χ0n) is 14.1. The average molecular weight is 304 g/mol. The first-order chi connectivity index (χ1) is 10.5. The molecule has 0 aromatic heterocycles. The molecule has 4 heteroatoms. The predicted molar refractivity (Wildman–Crippen MR) is 88.6 cm³/mol. The average Bonchev–Trinajstić information content (AvgIpc) is 2.55. The monoisotopic (exact) mass is 304 g/mol. The molecule has 4 nitrogen and oxygen atoms in total. The first kappa shape index (κ1) is 17.7. The first-order valence-corrected chi connectivity index (χ1v) is 6.93. The quantitative estimate of drug-likeness (QED) is 0.854. The van der Waals surface area contributed by atoms with Gasteiger partial charge in [0.05, 0.1) is 28.4 Å². The molecule has 0 bridgehead atoms. The summed E-state index contributed by atoms with van der Waals surface area (Å²) in [5, 5.41) is 0. The van der Waals surface area contributed by atoms with Crippen LogP contribution < -0.4 is 18.9 Å². The van der Waals surface area contributed by atoms with Gasteiger partial charge in [0.15, 0.2) is 0 Å². The van der Waals surface area contributed by atoms with Crippen LogP contribution in [0, 0.1) is 13.8 Å². The Morgan fingerprint density at radius 3 is 1.14 bits per heavy atom. The molecule has 22 heavy (non-hydrogen) atoms. The van der Waals surface area contributed by atoms with Gasteiger partial charge in [-0.1, -0.05) is 0 Å². The molecule has 2 rings (SSSR count). The zero-order valence-corrected chi connectivity index (χ0v) is 14.1. The molecule has 0 radical (unpaired) electrons. The van der Waals surface area contributed by atoms with E-state index in [-0.39, 0.29) is 0 Å². The molecule has 0 saturated heterocycles. The maximum atomic E-state index is 5.09. The van der Waals surface area contributed by atoms with Crippen molar-refractivity contribution < 1.29 is 18.9 Å². The summed E-state index contributed by atoms with van der Waals surface area (Å²) in [6.07, 6.45) is 0. The third kappa shape index (κ3) is 4.88. The zero-order chi connectivity index (χ0) is 16.5. The third-order valence-electron chi connectivity index (χ3n) is 3.20. The lowest BCUT2D eigenvalue weighted by atomic mass is 10.2. The van der Waals surface area contributed by atoms with E-state index >= 15 is 0 Å². The smallest absolute Gasteiger partial charge is 0.122 e. The lowest BCUT2D eigenvalue weighted by Gasteiger charge is -2.05. The standard InChI is InChI=1S/2C9H12O2/c2*1-7-6-8(10-2)4-5-9(7)11-3/h2*4-6H,1-3H3. The van der Waals surface area contributed by atoms with E-state index < -0.39 is 0 Å². The Morgan fingerprint density at radius 2 is 0.909 bits per heavy atom. The van der Waals surface area contributed by atoms with Gasteiger partial charge in [-0.3, -0.25) is 0 Å². The Bertz CT molecular complexity index is 540. The van der Waals surface area contributed by atoms with Crippen LogP contribution >= 0.6 is 0 Å². The summed E-state index contributed by atoms with van der Waals surface area (Å²) in [7, 11) is 6.63. The van der Waals surface area contributed by atoms with Crippen LogP contribution in [-0.2, 0) is 0 Å². The number of aryl methyl sites for hydroxylation is 2.